The van der Waals surface area contributed by atoms with Crippen LogP contribution in [0.4, 0.5) is 9.59 Å². The monoisotopic (exact) mass is 843 g/mol. The number of cyclic esters (lactones) is 1. The summed E-state index contributed by atoms with van der Waals surface area (Å²) in [5.74, 6) is -5.32. The van der Waals surface area contributed by atoms with Crippen LogP contribution in [0, 0.1) is 23.7 Å². The molecule has 4 saturated heterocycles. The Labute approximate surface area is 348 Å². The van der Waals surface area contributed by atoms with E-state index in [1.165, 1.54) is 14.0 Å². The summed E-state index contributed by atoms with van der Waals surface area (Å²) in [6.07, 6.45) is -10.2. The number of nitrogens with two attached hydrogens (primary N) is 1. The predicted octanol–water partition coefficient (Wildman–Crippen LogP) is 3.21. The summed E-state index contributed by atoms with van der Waals surface area (Å²) in [6, 6.07) is -1.30. The lowest BCUT2D eigenvalue weighted by Crippen LogP contribution is -2.62. The summed E-state index contributed by atoms with van der Waals surface area (Å²) in [5, 5.41) is 14.5. The molecule has 4 fully saturated rings. The molecule has 4 aliphatic rings. The van der Waals surface area contributed by atoms with Gasteiger partial charge in [-0.05, 0) is 74.9 Å². The van der Waals surface area contributed by atoms with Gasteiger partial charge < -0.3 is 63.7 Å². The highest BCUT2D eigenvalue weighted by molar-refractivity contribution is 5.85. The maximum Gasteiger partial charge on any atom is 0.408 e. The largest absolute Gasteiger partial charge is 0.458 e. The molecule has 2 amide bonds. The number of nitrogens with zero attached hydrogens (tertiary/aromatic N) is 1. The maximum absolute atomic E-state index is 14.6. The SMILES string of the molecule is CC[C@H]1OC(=O)[C@H](C)[C@@H](O[C@H]2C[C@@](C)(OC)[C@@H](OC(C)=O)[C@H](C)O2)[C@H](C)[C@@H](O[C@@H]2O[C@H](C)C[C@H](N(C)C)[C@H]2O)[C@](C)(OC(N)=O)C[C@@H](C)C(=O)[C@H](C)[C@H]2NC(=O)O[C@@]21C. The number of amides is 2. The standard InChI is InChI=1S/C41H69N3O15/c1-15-27-41(11)32(43-38(50)59-41)21(4)29(46)19(2)17-40(10,58-37(42)49)33(57-36-30(47)26(44(12)13)16-20(3)52-36)22(5)31(23(6)35(48)55-27)56-28-18-39(9,51-14)34(24(7)53-28)54-25(8)45/h19-24,26-28,30-34,36,47H,15-18H2,1-14H3,(H2,42,49)(H,43,50)/t19-,20-,21+,22+,23-,24+,26+,27-,28+,30-,31+,32-,33-,34+,36+,39-,40-,41-/m1/s1. The van der Waals surface area contributed by atoms with Gasteiger partial charge in [0.05, 0.1) is 30.3 Å². The van der Waals surface area contributed by atoms with E-state index >= 15 is 0 Å². The van der Waals surface area contributed by atoms with E-state index in [9.17, 15) is 29.1 Å². The van der Waals surface area contributed by atoms with Crippen LogP contribution in [-0.4, -0.2) is 145 Å². The molecule has 59 heavy (non-hydrogen) atoms. The number of ketones is 1. The molecule has 0 bridgehead atoms. The molecule has 4 heterocycles. The van der Waals surface area contributed by atoms with Crippen molar-refractivity contribution in [3.8, 4) is 0 Å². The molecule has 18 heteroatoms. The Balaban J connectivity index is 1.92. The molecule has 0 saturated carbocycles. The van der Waals surface area contributed by atoms with Crippen LogP contribution >= 0.6 is 0 Å². The van der Waals surface area contributed by atoms with Crippen molar-refractivity contribution in [2.45, 2.75) is 186 Å². The van der Waals surface area contributed by atoms with Crippen LogP contribution in [0.25, 0.3) is 0 Å². The molecule has 4 rings (SSSR count). The number of carbonyl (C=O) groups excluding carboxylic acids is 5. The summed E-state index contributed by atoms with van der Waals surface area (Å²) in [6.45, 7) is 18.3. The molecular formula is C41H69N3O15. The summed E-state index contributed by atoms with van der Waals surface area (Å²) < 4.78 is 55.7. The lowest BCUT2D eigenvalue weighted by Gasteiger charge is -2.50. The fourth-order valence-electron chi connectivity index (χ4n) is 9.85. The van der Waals surface area contributed by atoms with E-state index in [1.54, 1.807) is 62.3 Å². The molecular weight excluding hydrogens is 774 g/mol. The number of fused-ring (bicyclic) bond motifs is 1. The molecule has 0 aliphatic carbocycles. The third-order valence-electron chi connectivity index (χ3n) is 13.0. The van der Waals surface area contributed by atoms with Gasteiger partial charge in [-0.3, -0.25) is 14.4 Å². The molecule has 0 aromatic heterocycles. The van der Waals surface area contributed by atoms with Gasteiger partial charge in [-0.15, -0.1) is 0 Å². The second kappa shape index (κ2) is 18.9. The number of carbonyl (C=O) groups is 5. The Hall–Kier alpha value is -3.13. The zero-order valence-corrected chi connectivity index (χ0v) is 37.2. The van der Waals surface area contributed by atoms with Crippen LogP contribution < -0.4 is 11.1 Å². The predicted molar refractivity (Wildman–Crippen MR) is 209 cm³/mol. The first-order valence-corrected chi connectivity index (χ1v) is 20.7. The fourth-order valence-corrected chi connectivity index (χ4v) is 9.85. The van der Waals surface area contributed by atoms with Gasteiger partial charge in [-0.25, -0.2) is 9.59 Å². The van der Waals surface area contributed by atoms with Crippen LogP contribution in [0.15, 0.2) is 0 Å². The zero-order valence-electron chi connectivity index (χ0n) is 37.2. The Kier molecular flexibility index (Phi) is 15.5. The number of nitrogens with one attached hydrogen (secondary N) is 1. The van der Waals surface area contributed by atoms with Crippen molar-refractivity contribution in [1.29, 1.82) is 0 Å². The number of esters is 2. The molecule has 0 aromatic carbocycles. The molecule has 0 radical (unpaired) electrons. The quantitative estimate of drug-likeness (QED) is 0.224. The van der Waals surface area contributed by atoms with E-state index in [4.69, 9.17) is 48.4 Å². The molecule has 0 unspecified atom stereocenters. The van der Waals surface area contributed by atoms with E-state index in [0.29, 0.717) is 6.42 Å². The third kappa shape index (κ3) is 10.3. The average molecular weight is 844 g/mol. The fraction of sp³-hybridized carbons (Fsp3) is 0.878. The minimum atomic E-state index is -1.74. The molecule has 4 aliphatic heterocycles. The van der Waals surface area contributed by atoms with Crippen LogP contribution in [0.3, 0.4) is 0 Å². The van der Waals surface area contributed by atoms with E-state index in [2.05, 4.69) is 5.32 Å². The number of rotatable bonds is 9. The second-order valence-electron chi connectivity index (χ2n) is 18.0. The minimum Gasteiger partial charge on any atom is -0.458 e. The van der Waals surface area contributed by atoms with Crippen LogP contribution in [0.1, 0.15) is 102 Å². The summed E-state index contributed by atoms with van der Waals surface area (Å²) in [5.41, 5.74) is 1.49. The van der Waals surface area contributed by atoms with Crippen molar-refractivity contribution < 1.29 is 71.7 Å². The molecule has 0 spiro atoms. The highest BCUT2D eigenvalue weighted by Gasteiger charge is 2.58. The Morgan fingerprint density at radius 1 is 0.949 bits per heavy atom. The van der Waals surface area contributed by atoms with Crippen molar-refractivity contribution in [1.82, 2.24) is 10.2 Å². The van der Waals surface area contributed by atoms with Crippen molar-refractivity contribution in [3.05, 3.63) is 0 Å². The number of alkyl carbamates (subject to hydrolysis) is 1. The number of aliphatic hydroxyl groups excluding tert-OH is 1. The average Bonchev–Trinajstić information content (AvgIpc) is 3.46. The molecule has 4 N–H and O–H groups in total. The molecule has 338 valence electrons. The first-order chi connectivity index (χ1) is 27.3. The summed E-state index contributed by atoms with van der Waals surface area (Å²) >= 11 is 0. The Morgan fingerprint density at radius 2 is 1.59 bits per heavy atom. The van der Waals surface area contributed by atoms with Crippen molar-refractivity contribution in [3.63, 3.8) is 0 Å². The first kappa shape index (κ1) is 48.5. The van der Waals surface area contributed by atoms with Gasteiger partial charge in [0, 0.05) is 44.2 Å². The lowest BCUT2D eigenvalue weighted by atomic mass is 9.73. The number of ether oxygens (including phenoxy) is 9. The number of Topliss-reactive ketones (excluding diaryl/α,β-unsaturated/α-hetero) is 1. The van der Waals surface area contributed by atoms with E-state index < -0.39 is 120 Å². The van der Waals surface area contributed by atoms with Gasteiger partial charge in [0.2, 0.25) is 0 Å². The number of aliphatic hydroxyl groups is 1. The second-order valence-corrected chi connectivity index (χ2v) is 18.0. The van der Waals surface area contributed by atoms with Crippen LogP contribution in [0.2, 0.25) is 0 Å². The van der Waals surface area contributed by atoms with E-state index in [1.807, 2.05) is 25.9 Å². The van der Waals surface area contributed by atoms with Crippen LogP contribution in [-0.2, 0) is 57.0 Å². The highest BCUT2D eigenvalue weighted by Crippen LogP contribution is 2.43. The maximum atomic E-state index is 14.6. The smallest absolute Gasteiger partial charge is 0.408 e. The van der Waals surface area contributed by atoms with Gasteiger partial charge in [-0.2, -0.15) is 0 Å². The summed E-state index contributed by atoms with van der Waals surface area (Å²) in [4.78, 5) is 68.8. The molecule has 18 atom stereocenters. The van der Waals surface area contributed by atoms with Crippen molar-refractivity contribution >= 4 is 29.9 Å². The topological polar surface area (TPSA) is 230 Å². The Bertz CT molecular complexity index is 1530. The lowest BCUT2D eigenvalue weighted by molar-refractivity contribution is -0.318. The van der Waals surface area contributed by atoms with Gasteiger partial charge in [0.15, 0.2) is 24.3 Å². The molecule has 0 aromatic rings. The van der Waals surface area contributed by atoms with Gasteiger partial charge in [-0.1, -0.05) is 27.7 Å². The minimum absolute atomic E-state index is 0.0478. The van der Waals surface area contributed by atoms with Crippen LogP contribution in [0.5, 0.6) is 0 Å². The highest BCUT2D eigenvalue weighted by atomic mass is 16.7. The van der Waals surface area contributed by atoms with Crippen molar-refractivity contribution in [2.24, 2.45) is 29.4 Å². The normalized spacial score (nSPS) is 45.0. The number of methoxy groups -OCH3 is 1. The zero-order chi connectivity index (χ0) is 44.5. The number of hydrogen-bond acceptors (Lipinski definition) is 16. The van der Waals surface area contributed by atoms with Gasteiger partial charge in [0.25, 0.3) is 0 Å². The molecule has 18 nitrogen and oxygen atoms in total. The van der Waals surface area contributed by atoms with Crippen molar-refractivity contribution in [2.75, 3.05) is 21.2 Å². The first-order valence-electron chi connectivity index (χ1n) is 20.7. The third-order valence-corrected chi connectivity index (χ3v) is 13.0. The van der Waals surface area contributed by atoms with Gasteiger partial charge >= 0.3 is 24.1 Å². The summed E-state index contributed by atoms with van der Waals surface area (Å²) in [7, 11) is 5.14. The number of hydrogen-bond donors (Lipinski definition) is 3. The number of primary amides is 1. The van der Waals surface area contributed by atoms with Gasteiger partial charge in [0.1, 0.15) is 35.3 Å². The number of likely N-dealkylation sites (N-methyl/N-ethyl adjacent to an activating group) is 1. The van der Waals surface area contributed by atoms with E-state index in [0.717, 1.165) is 0 Å². The van der Waals surface area contributed by atoms with E-state index in [-0.39, 0.29) is 37.2 Å². The Morgan fingerprint density at radius 3 is 2.15 bits per heavy atom.